The number of aryl methyl sites for hydroxylation is 2. The molecule has 0 spiro atoms. The quantitative estimate of drug-likeness (QED) is 0.857. The number of hydrogen-bond acceptors (Lipinski definition) is 5. The average molecular weight is 276 g/mol. The number of rotatable bonds is 3. The smallest absolute Gasteiger partial charge is 0.290 e. The Balaban J connectivity index is 2.65. The topological polar surface area (TPSA) is 117 Å². The second-order valence-electron chi connectivity index (χ2n) is 4.64. The zero-order chi connectivity index (χ0) is 15.0. The molecule has 2 aromatic rings. The van der Waals surface area contributed by atoms with Crippen LogP contribution in [0, 0.1) is 13.8 Å². The molecule has 0 aliphatic carbocycles. The molecule has 0 aliphatic rings. The lowest BCUT2D eigenvalue weighted by Crippen LogP contribution is -2.35. The zero-order valence-corrected chi connectivity index (χ0v) is 11.5. The first-order valence-electron chi connectivity index (χ1n) is 6.07. The van der Waals surface area contributed by atoms with E-state index in [-0.39, 0.29) is 5.69 Å². The summed E-state index contributed by atoms with van der Waals surface area (Å²) in [5, 5.41) is 4.16. The van der Waals surface area contributed by atoms with Crippen LogP contribution < -0.4 is 17.0 Å². The normalized spacial score (nSPS) is 12.3. The Hall–Kier alpha value is -2.57. The summed E-state index contributed by atoms with van der Waals surface area (Å²) in [4.78, 5) is 23.2. The van der Waals surface area contributed by atoms with Crippen molar-refractivity contribution in [2.75, 3.05) is 5.73 Å². The lowest BCUT2D eigenvalue weighted by atomic mass is 10.1. The van der Waals surface area contributed by atoms with Gasteiger partial charge < -0.3 is 15.9 Å². The number of aromatic nitrogens is 2. The fraction of sp³-hybridized carbons (Fsp3) is 0.308. The van der Waals surface area contributed by atoms with Crippen LogP contribution in [0.15, 0.2) is 21.3 Å². The third kappa shape index (κ3) is 2.29. The summed E-state index contributed by atoms with van der Waals surface area (Å²) in [5.74, 6) is 0.723. The van der Waals surface area contributed by atoms with Gasteiger partial charge >= 0.3 is 0 Å². The molecule has 2 heterocycles. The summed E-state index contributed by atoms with van der Waals surface area (Å²) in [6.45, 7) is 5.09. The van der Waals surface area contributed by atoms with Gasteiger partial charge in [0.05, 0.1) is 5.69 Å². The summed E-state index contributed by atoms with van der Waals surface area (Å²) < 4.78 is 6.42. The number of carbonyl (C=O) groups is 1. The van der Waals surface area contributed by atoms with Gasteiger partial charge in [0.25, 0.3) is 5.56 Å². The number of nitrogens with zero attached hydrogens (tertiary/aromatic N) is 2. The fourth-order valence-electron chi connectivity index (χ4n) is 1.93. The molecule has 0 aliphatic heterocycles. The van der Waals surface area contributed by atoms with Crippen molar-refractivity contribution in [2.24, 2.45) is 5.73 Å². The Morgan fingerprint density at radius 2 is 2.05 bits per heavy atom. The monoisotopic (exact) mass is 276 g/mol. The van der Waals surface area contributed by atoms with Crippen LogP contribution in [0.2, 0.25) is 0 Å². The third-order valence-electron chi connectivity index (χ3n) is 3.06. The van der Waals surface area contributed by atoms with Gasteiger partial charge in [-0.15, -0.1) is 0 Å². The molecule has 20 heavy (non-hydrogen) atoms. The van der Waals surface area contributed by atoms with Gasteiger partial charge in [0, 0.05) is 5.56 Å². The highest BCUT2D eigenvalue weighted by molar-refractivity contribution is 5.78. The highest BCUT2D eigenvalue weighted by Gasteiger charge is 2.18. The predicted octanol–water partition coefficient (Wildman–Crippen LogP) is 0.749. The molecule has 1 unspecified atom stereocenters. The zero-order valence-electron chi connectivity index (χ0n) is 11.5. The van der Waals surface area contributed by atoms with Gasteiger partial charge in [-0.25, -0.2) is 4.68 Å². The van der Waals surface area contributed by atoms with Crippen molar-refractivity contribution >= 4 is 11.6 Å². The first kappa shape index (κ1) is 13.9. The molecule has 0 radical (unpaired) electrons. The van der Waals surface area contributed by atoms with Crippen LogP contribution in [0.25, 0.3) is 11.3 Å². The minimum Gasteiger partial charge on any atom is -0.466 e. The van der Waals surface area contributed by atoms with E-state index >= 15 is 0 Å². The molecule has 4 N–H and O–H groups in total. The summed E-state index contributed by atoms with van der Waals surface area (Å²) in [6, 6.07) is 2.38. The van der Waals surface area contributed by atoms with Gasteiger partial charge in [-0.1, -0.05) is 0 Å². The van der Waals surface area contributed by atoms with Crippen LogP contribution in [0.1, 0.15) is 24.5 Å². The molecule has 0 bridgehead atoms. The summed E-state index contributed by atoms with van der Waals surface area (Å²) in [7, 11) is 0. The number of amides is 1. The van der Waals surface area contributed by atoms with E-state index in [1.807, 2.05) is 6.92 Å². The number of primary amides is 1. The first-order valence-corrected chi connectivity index (χ1v) is 6.07. The Morgan fingerprint density at radius 3 is 2.55 bits per heavy atom. The average Bonchev–Trinajstić information content (AvgIpc) is 2.70. The minimum atomic E-state index is -0.877. The second-order valence-corrected chi connectivity index (χ2v) is 4.64. The van der Waals surface area contributed by atoms with Crippen molar-refractivity contribution in [3.63, 3.8) is 0 Å². The molecule has 2 aromatic heterocycles. The summed E-state index contributed by atoms with van der Waals surface area (Å²) >= 11 is 0. The Labute approximate surface area is 115 Å². The van der Waals surface area contributed by atoms with Crippen molar-refractivity contribution in [3.05, 3.63) is 34.0 Å². The van der Waals surface area contributed by atoms with Crippen LogP contribution in [0.5, 0.6) is 0 Å². The number of furan rings is 1. The third-order valence-corrected chi connectivity index (χ3v) is 3.06. The maximum atomic E-state index is 11.9. The molecule has 1 amide bonds. The van der Waals surface area contributed by atoms with Crippen molar-refractivity contribution in [2.45, 2.75) is 26.8 Å². The minimum absolute atomic E-state index is 0.00125. The molecule has 0 saturated heterocycles. The van der Waals surface area contributed by atoms with Gasteiger partial charge in [-0.3, -0.25) is 9.59 Å². The standard InChI is InChI=1S/C13H16N4O3/c1-6-4-9(8(3)20-6)11-5-10(14)13(19)17(16-11)7(2)12(15)18/h4-5,7H,14H2,1-3H3,(H2,15,18). The molecular formula is C13H16N4O3. The molecule has 0 saturated carbocycles. The molecular weight excluding hydrogens is 260 g/mol. The van der Waals surface area contributed by atoms with E-state index in [4.69, 9.17) is 15.9 Å². The van der Waals surface area contributed by atoms with Crippen LogP contribution in [0.4, 0.5) is 5.69 Å². The highest BCUT2D eigenvalue weighted by atomic mass is 16.3. The number of carbonyl (C=O) groups excluding carboxylic acids is 1. The van der Waals surface area contributed by atoms with E-state index in [1.54, 1.807) is 13.0 Å². The van der Waals surface area contributed by atoms with Crippen LogP contribution in [-0.2, 0) is 4.79 Å². The van der Waals surface area contributed by atoms with E-state index in [0.717, 1.165) is 16.0 Å². The van der Waals surface area contributed by atoms with Crippen LogP contribution in [0.3, 0.4) is 0 Å². The van der Waals surface area contributed by atoms with Gasteiger partial charge in [0.1, 0.15) is 23.2 Å². The number of hydrogen-bond donors (Lipinski definition) is 2. The van der Waals surface area contributed by atoms with Crippen molar-refractivity contribution < 1.29 is 9.21 Å². The van der Waals surface area contributed by atoms with E-state index in [9.17, 15) is 9.59 Å². The molecule has 7 nitrogen and oxygen atoms in total. The second kappa shape index (κ2) is 4.84. The molecule has 0 aromatic carbocycles. The number of anilines is 1. The largest absolute Gasteiger partial charge is 0.466 e. The van der Waals surface area contributed by atoms with Gasteiger partial charge in [0.15, 0.2) is 0 Å². The number of nitrogens with two attached hydrogens (primary N) is 2. The van der Waals surface area contributed by atoms with Crippen LogP contribution >= 0.6 is 0 Å². The van der Waals surface area contributed by atoms with Gasteiger partial charge in [-0.05, 0) is 32.9 Å². The van der Waals surface area contributed by atoms with Crippen molar-refractivity contribution in [1.29, 1.82) is 0 Å². The van der Waals surface area contributed by atoms with E-state index in [1.165, 1.54) is 13.0 Å². The van der Waals surface area contributed by atoms with Gasteiger partial charge in [0.2, 0.25) is 5.91 Å². The van der Waals surface area contributed by atoms with Gasteiger partial charge in [-0.2, -0.15) is 5.10 Å². The molecule has 1 atom stereocenters. The molecule has 0 fully saturated rings. The highest BCUT2D eigenvalue weighted by Crippen LogP contribution is 2.25. The lowest BCUT2D eigenvalue weighted by molar-refractivity contribution is -0.121. The summed E-state index contributed by atoms with van der Waals surface area (Å²) in [6.07, 6.45) is 0. The number of nitrogen functional groups attached to an aromatic ring is 1. The van der Waals surface area contributed by atoms with Crippen molar-refractivity contribution in [1.82, 2.24) is 9.78 Å². The Morgan fingerprint density at radius 1 is 1.40 bits per heavy atom. The first-order chi connectivity index (χ1) is 9.31. The van der Waals surface area contributed by atoms with E-state index < -0.39 is 17.5 Å². The molecule has 106 valence electrons. The fourth-order valence-corrected chi connectivity index (χ4v) is 1.93. The van der Waals surface area contributed by atoms with E-state index in [2.05, 4.69) is 5.10 Å². The summed E-state index contributed by atoms with van der Waals surface area (Å²) in [5.41, 5.74) is 11.6. The Kier molecular flexibility index (Phi) is 3.35. The lowest BCUT2D eigenvalue weighted by Gasteiger charge is -2.12. The molecule has 2 rings (SSSR count). The van der Waals surface area contributed by atoms with Crippen LogP contribution in [-0.4, -0.2) is 15.7 Å². The predicted molar refractivity (Wildman–Crippen MR) is 74.0 cm³/mol. The SMILES string of the molecule is Cc1cc(-c2cc(N)c(=O)n(C(C)C(N)=O)n2)c(C)o1. The Bertz CT molecular complexity index is 730. The van der Waals surface area contributed by atoms with Crippen molar-refractivity contribution in [3.8, 4) is 11.3 Å². The van der Waals surface area contributed by atoms with E-state index in [0.29, 0.717) is 11.5 Å². The molecule has 7 heteroatoms. The maximum absolute atomic E-state index is 11.9. The maximum Gasteiger partial charge on any atom is 0.290 e.